The van der Waals surface area contributed by atoms with Gasteiger partial charge in [-0.05, 0) is 30.6 Å². The first kappa shape index (κ1) is 15.8. The molecule has 2 aliphatic rings. The molecule has 0 aromatic rings. The maximum Gasteiger partial charge on any atom is 0.241 e. The first-order chi connectivity index (χ1) is 9.42. The van der Waals surface area contributed by atoms with Crippen LogP contribution in [-0.4, -0.2) is 29.1 Å². The second kappa shape index (κ2) is 6.05. The molecule has 20 heavy (non-hydrogen) atoms. The van der Waals surface area contributed by atoms with Gasteiger partial charge in [-0.25, -0.2) is 0 Å². The lowest BCUT2D eigenvalue weighted by atomic mass is 9.72. The van der Waals surface area contributed by atoms with Gasteiger partial charge in [-0.2, -0.15) is 0 Å². The summed E-state index contributed by atoms with van der Waals surface area (Å²) in [5.74, 6) is 0.777. The average Bonchev–Trinajstić information content (AvgIpc) is 2.74. The first-order valence-corrected chi connectivity index (χ1v) is 8.50. The third-order valence-electron chi connectivity index (χ3n) is 5.61. The van der Waals surface area contributed by atoms with Crippen molar-refractivity contribution in [1.82, 2.24) is 10.2 Å². The van der Waals surface area contributed by atoms with Gasteiger partial charge in [-0.3, -0.25) is 10.1 Å². The molecular formula is C17H32N2O. The molecule has 1 aliphatic heterocycles. The van der Waals surface area contributed by atoms with Crippen molar-refractivity contribution in [2.45, 2.75) is 91.4 Å². The van der Waals surface area contributed by atoms with Crippen molar-refractivity contribution in [3.63, 3.8) is 0 Å². The summed E-state index contributed by atoms with van der Waals surface area (Å²) in [6.45, 7) is 11.2. The maximum absolute atomic E-state index is 12.9. The van der Waals surface area contributed by atoms with Gasteiger partial charge in [0.1, 0.15) is 0 Å². The van der Waals surface area contributed by atoms with E-state index in [9.17, 15) is 4.79 Å². The first-order valence-electron chi connectivity index (χ1n) is 8.50. The fraction of sp³-hybridized carbons (Fsp3) is 0.941. The van der Waals surface area contributed by atoms with Crippen molar-refractivity contribution in [1.29, 1.82) is 0 Å². The zero-order chi connectivity index (χ0) is 14.9. The van der Waals surface area contributed by atoms with E-state index in [4.69, 9.17) is 0 Å². The highest BCUT2D eigenvalue weighted by Gasteiger charge is 2.47. The highest BCUT2D eigenvalue weighted by molar-refractivity contribution is 5.85. The fourth-order valence-corrected chi connectivity index (χ4v) is 3.99. The van der Waals surface area contributed by atoms with Gasteiger partial charge in [0, 0.05) is 6.04 Å². The summed E-state index contributed by atoms with van der Waals surface area (Å²) in [7, 11) is 0. The minimum atomic E-state index is 0.0303. The van der Waals surface area contributed by atoms with Gasteiger partial charge in [0.05, 0.1) is 12.2 Å². The Morgan fingerprint density at radius 3 is 2.60 bits per heavy atom. The van der Waals surface area contributed by atoms with Crippen molar-refractivity contribution >= 4 is 5.91 Å². The molecule has 4 unspecified atom stereocenters. The van der Waals surface area contributed by atoms with Gasteiger partial charge >= 0.3 is 0 Å². The lowest BCUT2D eigenvalue weighted by Gasteiger charge is -2.45. The minimum absolute atomic E-state index is 0.0303. The Kier molecular flexibility index (Phi) is 4.78. The Hall–Kier alpha value is -0.570. The van der Waals surface area contributed by atoms with Crippen LogP contribution >= 0.6 is 0 Å². The second-order valence-corrected chi connectivity index (χ2v) is 7.45. The number of rotatable bonds is 4. The lowest BCUT2D eigenvalue weighted by molar-refractivity contribution is -0.137. The Balaban J connectivity index is 2.22. The third-order valence-corrected chi connectivity index (χ3v) is 5.61. The number of nitrogens with one attached hydrogen (secondary N) is 1. The second-order valence-electron chi connectivity index (χ2n) is 7.45. The number of hydrogen-bond donors (Lipinski definition) is 1. The summed E-state index contributed by atoms with van der Waals surface area (Å²) < 4.78 is 0. The Bertz CT molecular complexity index is 353. The van der Waals surface area contributed by atoms with Crippen LogP contribution in [0.4, 0.5) is 0 Å². The van der Waals surface area contributed by atoms with Crippen molar-refractivity contribution < 1.29 is 4.79 Å². The van der Waals surface area contributed by atoms with E-state index in [1.807, 2.05) is 0 Å². The van der Waals surface area contributed by atoms with Crippen LogP contribution in [0.3, 0.4) is 0 Å². The molecule has 0 radical (unpaired) electrons. The van der Waals surface area contributed by atoms with Gasteiger partial charge in [0.15, 0.2) is 0 Å². The van der Waals surface area contributed by atoms with E-state index >= 15 is 0 Å². The van der Waals surface area contributed by atoms with Crippen molar-refractivity contribution in [2.24, 2.45) is 11.3 Å². The molecule has 3 heteroatoms. The molecule has 1 N–H and O–H groups in total. The number of hydrogen-bond acceptors (Lipinski definition) is 2. The molecule has 4 atom stereocenters. The van der Waals surface area contributed by atoms with Crippen LogP contribution in [0.25, 0.3) is 0 Å². The topological polar surface area (TPSA) is 32.3 Å². The van der Waals surface area contributed by atoms with Crippen LogP contribution in [0, 0.1) is 11.3 Å². The van der Waals surface area contributed by atoms with Crippen molar-refractivity contribution in [2.75, 3.05) is 0 Å². The molecular weight excluding hydrogens is 248 g/mol. The quantitative estimate of drug-likeness (QED) is 0.854. The Morgan fingerprint density at radius 1 is 1.35 bits per heavy atom. The molecule has 0 aromatic carbocycles. The molecule has 1 aliphatic carbocycles. The van der Waals surface area contributed by atoms with Gasteiger partial charge in [-0.15, -0.1) is 0 Å². The zero-order valence-electron chi connectivity index (χ0n) is 13.9. The highest BCUT2D eigenvalue weighted by Crippen LogP contribution is 2.41. The van der Waals surface area contributed by atoms with E-state index in [2.05, 4.69) is 44.8 Å². The van der Waals surface area contributed by atoms with Crippen LogP contribution in [-0.2, 0) is 4.79 Å². The van der Waals surface area contributed by atoms with E-state index < -0.39 is 0 Å². The third kappa shape index (κ3) is 2.74. The van der Waals surface area contributed by atoms with E-state index in [0.717, 1.165) is 12.8 Å². The normalized spacial score (nSPS) is 35.4. The molecule has 3 nitrogen and oxygen atoms in total. The van der Waals surface area contributed by atoms with Crippen LogP contribution in [0.15, 0.2) is 0 Å². The molecule has 2 fully saturated rings. The van der Waals surface area contributed by atoms with E-state index in [0.29, 0.717) is 17.9 Å². The fourth-order valence-electron chi connectivity index (χ4n) is 3.99. The predicted molar refractivity (Wildman–Crippen MR) is 83.3 cm³/mol. The van der Waals surface area contributed by atoms with Gasteiger partial charge in [0.25, 0.3) is 0 Å². The molecule has 0 spiro atoms. The molecule has 1 saturated heterocycles. The Morgan fingerprint density at radius 2 is 2.05 bits per heavy atom. The molecule has 116 valence electrons. The Labute approximate surface area is 124 Å². The van der Waals surface area contributed by atoms with Gasteiger partial charge < -0.3 is 4.90 Å². The van der Waals surface area contributed by atoms with Crippen LogP contribution in [0.5, 0.6) is 0 Å². The standard InChI is InChI=1S/C17H32N2O/c1-6-12(3)15-16(20)19(14(7-2)18-15)13-10-8-9-11-17(13,4)5/h12-15,18H,6-11H2,1-5H3. The van der Waals surface area contributed by atoms with E-state index in [-0.39, 0.29) is 17.6 Å². The van der Waals surface area contributed by atoms with Crippen LogP contribution in [0.1, 0.15) is 73.1 Å². The lowest BCUT2D eigenvalue weighted by Crippen LogP contribution is -2.52. The molecule has 1 heterocycles. The summed E-state index contributed by atoms with van der Waals surface area (Å²) >= 11 is 0. The van der Waals surface area contributed by atoms with Crippen LogP contribution in [0.2, 0.25) is 0 Å². The molecule has 0 bridgehead atoms. The minimum Gasteiger partial charge on any atom is -0.322 e. The van der Waals surface area contributed by atoms with Gasteiger partial charge in [-0.1, -0.05) is 53.9 Å². The summed E-state index contributed by atoms with van der Waals surface area (Å²) in [5.41, 5.74) is 0.257. The average molecular weight is 280 g/mol. The van der Waals surface area contributed by atoms with Gasteiger partial charge in [0.2, 0.25) is 5.91 Å². The van der Waals surface area contributed by atoms with E-state index in [1.165, 1.54) is 25.7 Å². The predicted octanol–water partition coefficient (Wildman–Crippen LogP) is 3.54. The molecule has 1 amide bonds. The SMILES string of the molecule is CCC(C)C1NC(CC)N(C2CCCCC2(C)C)C1=O. The van der Waals surface area contributed by atoms with Crippen molar-refractivity contribution in [3.05, 3.63) is 0 Å². The highest BCUT2D eigenvalue weighted by atomic mass is 16.2. The summed E-state index contributed by atoms with van der Waals surface area (Å²) in [6, 6.07) is 0.443. The molecule has 2 rings (SSSR count). The largest absolute Gasteiger partial charge is 0.322 e. The monoisotopic (exact) mass is 280 g/mol. The summed E-state index contributed by atoms with van der Waals surface area (Å²) in [4.78, 5) is 15.1. The smallest absolute Gasteiger partial charge is 0.241 e. The number of nitrogens with zero attached hydrogens (tertiary/aromatic N) is 1. The summed E-state index contributed by atoms with van der Waals surface area (Å²) in [5, 5.41) is 3.60. The summed E-state index contributed by atoms with van der Waals surface area (Å²) in [6.07, 6.45) is 7.29. The maximum atomic E-state index is 12.9. The number of carbonyl (C=O) groups is 1. The van der Waals surface area contributed by atoms with Crippen LogP contribution < -0.4 is 5.32 Å². The number of carbonyl (C=O) groups excluding carboxylic acids is 1. The molecule has 0 aromatic heterocycles. The molecule has 1 saturated carbocycles. The van der Waals surface area contributed by atoms with Crippen molar-refractivity contribution in [3.8, 4) is 0 Å². The van der Waals surface area contributed by atoms with E-state index in [1.54, 1.807) is 0 Å². The zero-order valence-corrected chi connectivity index (χ0v) is 13.9. The number of amides is 1.